The molecular weight excluding hydrogens is 134 g/mol. The molecule has 11 heavy (non-hydrogen) atoms. The highest BCUT2D eigenvalue weighted by molar-refractivity contribution is 4.87. The van der Waals surface area contributed by atoms with E-state index < -0.39 is 0 Å². The molecule has 0 saturated heterocycles. The normalized spacial score (nSPS) is 14.1. The van der Waals surface area contributed by atoms with Gasteiger partial charge in [0.15, 0.2) is 0 Å². The van der Waals surface area contributed by atoms with Crippen LogP contribution in [0.5, 0.6) is 0 Å². The van der Waals surface area contributed by atoms with Gasteiger partial charge in [0, 0.05) is 6.04 Å². The van der Waals surface area contributed by atoms with Crippen molar-refractivity contribution in [3.05, 3.63) is 12.2 Å². The monoisotopic (exact) mass is 155 g/mol. The van der Waals surface area contributed by atoms with Gasteiger partial charge in [-0.15, -0.1) is 0 Å². The van der Waals surface area contributed by atoms with Crippen LogP contribution in [0.15, 0.2) is 12.2 Å². The molecule has 0 rings (SSSR count). The first-order valence-corrected chi connectivity index (χ1v) is 4.67. The number of hydrogen-bond acceptors (Lipinski definition) is 1. The summed E-state index contributed by atoms with van der Waals surface area (Å²) in [6.45, 7) is 7.63. The largest absolute Gasteiger partial charge is 0.311 e. The first kappa shape index (κ1) is 10.7. The average Bonchev–Trinajstić information content (AvgIpc) is 1.99. The van der Waals surface area contributed by atoms with Gasteiger partial charge in [-0.2, -0.15) is 0 Å². The molecule has 1 N–H and O–H groups in total. The summed E-state index contributed by atoms with van der Waals surface area (Å²) in [5.41, 5.74) is 0. The molecule has 0 bridgehead atoms. The molecule has 0 radical (unpaired) electrons. The molecule has 0 aliphatic heterocycles. The van der Waals surface area contributed by atoms with Gasteiger partial charge >= 0.3 is 0 Å². The summed E-state index contributed by atoms with van der Waals surface area (Å²) in [4.78, 5) is 0. The molecule has 0 aromatic heterocycles. The Morgan fingerprint density at radius 2 is 2.09 bits per heavy atom. The lowest BCUT2D eigenvalue weighted by atomic mass is 10.2. The highest BCUT2D eigenvalue weighted by Crippen LogP contribution is 1.92. The Balaban J connectivity index is 3.10. The van der Waals surface area contributed by atoms with Crippen molar-refractivity contribution in [2.24, 2.45) is 0 Å². The molecule has 0 amide bonds. The fourth-order valence-electron chi connectivity index (χ4n) is 1.06. The summed E-state index contributed by atoms with van der Waals surface area (Å²) in [7, 11) is 0. The summed E-state index contributed by atoms with van der Waals surface area (Å²) in [6.07, 6.45) is 8.23. The standard InChI is InChI=1S/C10H21N/c1-4-6-7-9-11-10(3)8-5-2/h5,8,10-11H,4,6-7,9H2,1-3H3/b8-5+. The fourth-order valence-corrected chi connectivity index (χ4v) is 1.06. The third-order valence-corrected chi connectivity index (χ3v) is 1.73. The van der Waals surface area contributed by atoms with Crippen molar-refractivity contribution >= 4 is 0 Å². The molecule has 0 aromatic carbocycles. The maximum atomic E-state index is 3.43. The smallest absolute Gasteiger partial charge is 0.0221 e. The van der Waals surface area contributed by atoms with E-state index in [1.165, 1.54) is 19.3 Å². The van der Waals surface area contributed by atoms with E-state index >= 15 is 0 Å². The van der Waals surface area contributed by atoms with Crippen molar-refractivity contribution in [2.75, 3.05) is 6.54 Å². The van der Waals surface area contributed by atoms with E-state index in [-0.39, 0.29) is 0 Å². The second kappa shape index (κ2) is 7.80. The number of nitrogens with one attached hydrogen (secondary N) is 1. The van der Waals surface area contributed by atoms with Crippen molar-refractivity contribution in [1.29, 1.82) is 0 Å². The van der Waals surface area contributed by atoms with Crippen molar-refractivity contribution in [3.8, 4) is 0 Å². The molecule has 0 heterocycles. The second-order valence-electron chi connectivity index (χ2n) is 2.98. The maximum absolute atomic E-state index is 3.43. The van der Waals surface area contributed by atoms with Gasteiger partial charge in [-0.1, -0.05) is 31.9 Å². The molecule has 1 atom stereocenters. The highest BCUT2D eigenvalue weighted by atomic mass is 14.9. The van der Waals surface area contributed by atoms with Crippen LogP contribution in [0, 0.1) is 0 Å². The second-order valence-corrected chi connectivity index (χ2v) is 2.98. The maximum Gasteiger partial charge on any atom is 0.0221 e. The fraction of sp³-hybridized carbons (Fsp3) is 0.800. The number of unbranched alkanes of at least 4 members (excludes halogenated alkanes) is 2. The van der Waals surface area contributed by atoms with Gasteiger partial charge in [0.05, 0.1) is 0 Å². The van der Waals surface area contributed by atoms with E-state index in [0.717, 1.165) is 6.54 Å². The Hall–Kier alpha value is -0.300. The number of rotatable bonds is 6. The van der Waals surface area contributed by atoms with Gasteiger partial charge in [0.1, 0.15) is 0 Å². The quantitative estimate of drug-likeness (QED) is 0.459. The van der Waals surface area contributed by atoms with Crippen LogP contribution in [0.4, 0.5) is 0 Å². The van der Waals surface area contributed by atoms with Crippen molar-refractivity contribution in [2.45, 2.75) is 46.1 Å². The SMILES string of the molecule is C/C=C/C(C)NCCCCC. The molecule has 0 spiro atoms. The van der Waals surface area contributed by atoms with Gasteiger partial charge in [-0.25, -0.2) is 0 Å². The molecule has 0 aromatic rings. The zero-order valence-corrected chi connectivity index (χ0v) is 8.06. The lowest BCUT2D eigenvalue weighted by molar-refractivity contribution is 0.583. The Bertz CT molecular complexity index is 97.0. The van der Waals surface area contributed by atoms with Crippen LogP contribution in [-0.2, 0) is 0 Å². The molecule has 1 nitrogen and oxygen atoms in total. The van der Waals surface area contributed by atoms with E-state index in [0.29, 0.717) is 6.04 Å². The predicted molar refractivity (Wildman–Crippen MR) is 51.8 cm³/mol. The Kier molecular flexibility index (Phi) is 7.59. The third-order valence-electron chi connectivity index (χ3n) is 1.73. The first-order chi connectivity index (χ1) is 5.31. The first-order valence-electron chi connectivity index (χ1n) is 4.67. The van der Waals surface area contributed by atoms with Gasteiger partial charge in [0.2, 0.25) is 0 Å². The van der Waals surface area contributed by atoms with Crippen LogP contribution in [0.2, 0.25) is 0 Å². The van der Waals surface area contributed by atoms with Gasteiger partial charge in [-0.05, 0) is 26.8 Å². The molecule has 1 heteroatoms. The zero-order valence-electron chi connectivity index (χ0n) is 8.06. The third kappa shape index (κ3) is 7.60. The number of hydrogen-bond donors (Lipinski definition) is 1. The van der Waals surface area contributed by atoms with E-state index in [4.69, 9.17) is 0 Å². The van der Waals surface area contributed by atoms with Crippen LogP contribution in [0.1, 0.15) is 40.0 Å². The van der Waals surface area contributed by atoms with Crippen LogP contribution >= 0.6 is 0 Å². The molecule has 0 aliphatic carbocycles. The minimum atomic E-state index is 0.539. The van der Waals surface area contributed by atoms with Crippen LogP contribution in [0.3, 0.4) is 0 Å². The summed E-state index contributed by atoms with van der Waals surface area (Å²) < 4.78 is 0. The zero-order chi connectivity index (χ0) is 8.53. The summed E-state index contributed by atoms with van der Waals surface area (Å²) in [5.74, 6) is 0. The van der Waals surface area contributed by atoms with Gasteiger partial charge in [-0.3, -0.25) is 0 Å². The Labute approximate surface area is 70.9 Å². The van der Waals surface area contributed by atoms with E-state index in [1.807, 2.05) is 0 Å². The minimum Gasteiger partial charge on any atom is -0.311 e. The molecule has 0 saturated carbocycles. The van der Waals surface area contributed by atoms with Gasteiger partial charge < -0.3 is 5.32 Å². The summed E-state index contributed by atoms with van der Waals surface area (Å²) >= 11 is 0. The molecule has 0 fully saturated rings. The highest BCUT2D eigenvalue weighted by Gasteiger charge is 1.92. The summed E-state index contributed by atoms with van der Waals surface area (Å²) in [5, 5.41) is 3.43. The lowest BCUT2D eigenvalue weighted by Crippen LogP contribution is -2.24. The molecular formula is C10H21N. The van der Waals surface area contributed by atoms with Crippen LogP contribution in [0.25, 0.3) is 0 Å². The minimum absolute atomic E-state index is 0.539. The topological polar surface area (TPSA) is 12.0 Å². The van der Waals surface area contributed by atoms with E-state index in [9.17, 15) is 0 Å². The summed E-state index contributed by atoms with van der Waals surface area (Å²) in [6, 6.07) is 0.539. The van der Waals surface area contributed by atoms with Crippen LogP contribution in [-0.4, -0.2) is 12.6 Å². The Morgan fingerprint density at radius 1 is 1.36 bits per heavy atom. The van der Waals surface area contributed by atoms with Crippen molar-refractivity contribution < 1.29 is 0 Å². The molecule has 1 unspecified atom stereocenters. The van der Waals surface area contributed by atoms with Gasteiger partial charge in [0.25, 0.3) is 0 Å². The predicted octanol–water partition coefficient (Wildman–Crippen LogP) is 2.73. The van der Waals surface area contributed by atoms with Crippen LogP contribution < -0.4 is 5.32 Å². The van der Waals surface area contributed by atoms with E-state index in [1.54, 1.807) is 0 Å². The van der Waals surface area contributed by atoms with E-state index in [2.05, 4.69) is 38.2 Å². The molecule has 0 aliphatic rings. The molecule has 66 valence electrons. The average molecular weight is 155 g/mol. The van der Waals surface area contributed by atoms with Crippen molar-refractivity contribution in [3.63, 3.8) is 0 Å². The number of allylic oxidation sites excluding steroid dienone is 1. The Morgan fingerprint density at radius 3 is 2.64 bits per heavy atom. The lowest BCUT2D eigenvalue weighted by Gasteiger charge is -2.07. The van der Waals surface area contributed by atoms with Crippen molar-refractivity contribution in [1.82, 2.24) is 5.32 Å².